The lowest BCUT2D eigenvalue weighted by atomic mass is 10.1. The van der Waals surface area contributed by atoms with E-state index in [1.807, 2.05) is 12.1 Å². The van der Waals surface area contributed by atoms with Gasteiger partial charge in [-0.25, -0.2) is 0 Å². The molecule has 0 radical (unpaired) electrons. The van der Waals surface area contributed by atoms with Crippen molar-refractivity contribution in [1.82, 2.24) is 4.90 Å². The molecule has 2 nitrogen and oxygen atoms in total. The van der Waals surface area contributed by atoms with Crippen LogP contribution in [0.15, 0.2) is 60.7 Å². The van der Waals surface area contributed by atoms with E-state index >= 15 is 0 Å². The molecule has 0 N–H and O–H groups in total. The maximum absolute atomic E-state index is 12.2. The summed E-state index contributed by atoms with van der Waals surface area (Å²) in [5.41, 5.74) is 2.52. The van der Waals surface area contributed by atoms with E-state index in [-0.39, 0.29) is 12.4 Å². The predicted octanol–water partition coefficient (Wildman–Crippen LogP) is 4.09. The summed E-state index contributed by atoms with van der Waals surface area (Å²) in [4.78, 5) is 14.4. The number of rotatable bonds is 7. The maximum atomic E-state index is 12.2. The van der Waals surface area contributed by atoms with Crippen molar-refractivity contribution in [1.29, 1.82) is 0 Å². The van der Waals surface area contributed by atoms with Gasteiger partial charge in [0.05, 0.1) is 6.54 Å². The Bertz CT molecular complexity index is 539. The molecule has 1 saturated carbocycles. The van der Waals surface area contributed by atoms with Crippen LogP contribution in [0.2, 0.25) is 0 Å². The van der Waals surface area contributed by atoms with Crippen LogP contribution in [0.1, 0.15) is 24.0 Å². The highest BCUT2D eigenvalue weighted by Gasteiger charge is 2.30. The van der Waals surface area contributed by atoms with Crippen LogP contribution in [0.4, 0.5) is 0 Å². The molecule has 1 aliphatic carbocycles. The minimum atomic E-state index is 0. The fourth-order valence-corrected chi connectivity index (χ4v) is 2.61. The molecule has 2 aromatic rings. The Kier molecular flexibility index (Phi) is 6.17. The summed E-state index contributed by atoms with van der Waals surface area (Å²) in [5.74, 6) is 0.737. The molecule has 116 valence electrons. The highest BCUT2D eigenvalue weighted by molar-refractivity contribution is 5.85. The highest BCUT2D eigenvalue weighted by Crippen LogP contribution is 2.30. The minimum absolute atomic E-state index is 0. The fraction of sp³-hybridized carbons (Fsp3) is 0.316. The van der Waals surface area contributed by atoms with E-state index < -0.39 is 0 Å². The molecule has 0 aromatic heterocycles. The molecule has 22 heavy (non-hydrogen) atoms. The maximum Gasteiger partial charge on any atom is 0.149 e. The van der Waals surface area contributed by atoms with Crippen LogP contribution in [0.3, 0.4) is 0 Å². The minimum Gasteiger partial charge on any atom is -0.298 e. The second kappa shape index (κ2) is 8.11. The van der Waals surface area contributed by atoms with Gasteiger partial charge in [-0.1, -0.05) is 60.7 Å². The largest absolute Gasteiger partial charge is 0.298 e. The molecule has 0 spiro atoms. The molecule has 1 aliphatic rings. The first-order valence-electron chi connectivity index (χ1n) is 7.64. The number of Topliss-reactive ketones (excluding diaryl/α,β-unsaturated/α-hetero) is 1. The lowest BCUT2D eigenvalue weighted by Gasteiger charge is -2.22. The number of carbonyl (C=O) groups is 1. The Morgan fingerprint density at radius 3 is 1.73 bits per heavy atom. The summed E-state index contributed by atoms with van der Waals surface area (Å²) in [6.07, 6.45) is 2.17. The summed E-state index contributed by atoms with van der Waals surface area (Å²) in [7, 11) is 0. The molecule has 0 atom stereocenters. The lowest BCUT2D eigenvalue weighted by Crippen LogP contribution is -2.30. The smallest absolute Gasteiger partial charge is 0.149 e. The second-order valence-electron chi connectivity index (χ2n) is 5.86. The quantitative estimate of drug-likeness (QED) is 0.767. The van der Waals surface area contributed by atoms with Crippen LogP contribution in [0.5, 0.6) is 0 Å². The van der Waals surface area contributed by atoms with Crippen molar-refractivity contribution >= 4 is 18.2 Å². The zero-order chi connectivity index (χ0) is 14.5. The van der Waals surface area contributed by atoms with Gasteiger partial charge in [0.25, 0.3) is 0 Å². The van der Waals surface area contributed by atoms with Crippen LogP contribution in [-0.4, -0.2) is 17.2 Å². The number of benzene rings is 2. The topological polar surface area (TPSA) is 20.3 Å². The third kappa shape index (κ3) is 4.97. The molecule has 3 heteroatoms. The molecule has 0 aliphatic heterocycles. The molecular formula is C19H22ClNO. The third-order valence-corrected chi connectivity index (χ3v) is 3.91. The van der Waals surface area contributed by atoms with Gasteiger partial charge in [0.15, 0.2) is 0 Å². The normalized spacial score (nSPS) is 13.7. The predicted molar refractivity (Wildman–Crippen MR) is 92.0 cm³/mol. The number of halogens is 1. The standard InChI is InChI=1S/C19H21NO.ClH/c21-19(18-11-12-18)15-20(13-16-7-3-1-4-8-16)14-17-9-5-2-6-10-17;/h1-10,18H,11-15H2;1H. The van der Waals surface area contributed by atoms with Gasteiger partial charge < -0.3 is 0 Å². The summed E-state index contributed by atoms with van der Waals surface area (Å²) in [5, 5.41) is 0. The van der Waals surface area contributed by atoms with Crippen LogP contribution >= 0.6 is 12.4 Å². The van der Waals surface area contributed by atoms with Crippen LogP contribution in [-0.2, 0) is 17.9 Å². The highest BCUT2D eigenvalue weighted by atomic mass is 35.5. The monoisotopic (exact) mass is 315 g/mol. The Balaban J connectivity index is 0.00000176. The molecule has 2 aromatic carbocycles. The van der Waals surface area contributed by atoms with Crippen molar-refractivity contribution in [3.63, 3.8) is 0 Å². The fourth-order valence-electron chi connectivity index (χ4n) is 2.61. The van der Waals surface area contributed by atoms with Gasteiger partial charge >= 0.3 is 0 Å². The van der Waals surface area contributed by atoms with E-state index in [0.29, 0.717) is 18.2 Å². The Morgan fingerprint density at radius 1 is 0.864 bits per heavy atom. The van der Waals surface area contributed by atoms with E-state index in [4.69, 9.17) is 0 Å². The van der Waals surface area contributed by atoms with Crippen molar-refractivity contribution in [3.05, 3.63) is 71.8 Å². The van der Waals surface area contributed by atoms with Crippen LogP contribution < -0.4 is 0 Å². The second-order valence-corrected chi connectivity index (χ2v) is 5.86. The van der Waals surface area contributed by atoms with Gasteiger partial charge in [-0.15, -0.1) is 12.4 Å². The van der Waals surface area contributed by atoms with E-state index in [9.17, 15) is 4.79 Å². The average Bonchev–Trinajstić information content (AvgIpc) is 3.34. The third-order valence-electron chi connectivity index (χ3n) is 3.91. The average molecular weight is 316 g/mol. The van der Waals surface area contributed by atoms with Gasteiger partial charge in [-0.05, 0) is 24.0 Å². The Hall–Kier alpha value is -1.64. The molecule has 3 rings (SSSR count). The summed E-state index contributed by atoms with van der Waals surface area (Å²) >= 11 is 0. The van der Waals surface area contributed by atoms with Crippen molar-refractivity contribution in [2.24, 2.45) is 5.92 Å². The number of carbonyl (C=O) groups excluding carboxylic acids is 1. The van der Waals surface area contributed by atoms with E-state index in [1.165, 1.54) is 11.1 Å². The Labute approximate surface area is 138 Å². The van der Waals surface area contributed by atoms with Gasteiger partial charge in [-0.2, -0.15) is 0 Å². The molecular weight excluding hydrogens is 294 g/mol. The van der Waals surface area contributed by atoms with Crippen molar-refractivity contribution < 1.29 is 4.79 Å². The zero-order valence-electron chi connectivity index (χ0n) is 12.7. The zero-order valence-corrected chi connectivity index (χ0v) is 13.5. The molecule has 0 saturated heterocycles. The number of nitrogens with zero attached hydrogens (tertiary/aromatic N) is 1. The number of hydrogen-bond donors (Lipinski definition) is 0. The summed E-state index contributed by atoms with van der Waals surface area (Å²) < 4.78 is 0. The van der Waals surface area contributed by atoms with E-state index in [2.05, 4.69) is 53.4 Å². The summed E-state index contributed by atoms with van der Waals surface area (Å²) in [6.45, 7) is 2.22. The molecule has 0 amide bonds. The van der Waals surface area contributed by atoms with Crippen LogP contribution in [0.25, 0.3) is 0 Å². The molecule has 0 heterocycles. The SMILES string of the molecule is Cl.O=C(CN(Cc1ccccc1)Cc1ccccc1)C1CC1. The molecule has 0 bridgehead atoms. The van der Waals surface area contributed by atoms with Gasteiger partial charge in [0, 0.05) is 19.0 Å². The number of hydrogen-bond acceptors (Lipinski definition) is 2. The number of ketones is 1. The van der Waals surface area contributed by atoms with E-state index in [1.54, 1.807) is 0 Å². The summed E-state index contributed by atoms with van der Waals surface area (Å²) in [6, 6.07) is 20.8. The van der Waals surface area contributed by atoms with Crippen molar-refractivity contribution in [3.8, 4) is 0 Å². The first-order valence-corrected chi connectivity index (χ1v) is 7.64. The van der Waals surface area contributed by atoms with Crippen molar-refractivity contribution in [2.75, 3.05) is 6.54 Å². The first-order chi connectivity index (χ1) is 10.3. The van der Waals surface area contributed by atoms with Crippen molar-refractivity contribution in [2.45, 2.75) is 25.9 Å². The van der Waals surface area contributed by atoms with Gasteiger partial charge in [0.2, 0.25) is 0 Å². The molecule has 0 unspecified atom stereocenters. The first kappa shape index (κ1) is 16.7. The van der Waals surface area contributed by atoms with E-state index in [0.717, 1.165) is 25.9 Å². The molecule has 1 fully saturated rings. The lowest BCUT2D eigenvalue weighted by molar-refractivity contribution is -0.121. The van der Waals surface area contributed by atoms with Crippen LogP contribution in [0, 0.1) is 5.92 Å². The Morgan fingerprint density at radius 2 is 1.32 bits per heavy atom. The van der Waals surface area contributed by atoms with Gasteiger partial charge in [-0.3, -0.25) is 9.69 Å². The van der Waals surface area contributed by atoms with Gasteiger partial charge in [0.1, 0.15) is 5.78 Å².